The summed E-state index contributed by atoms with van der Waals surface area (Å²) in [5.74, 6) is 0.617. The zero-order chi connectivity index (χ0) is 7.98. The van der Waals surface area contributed by atoms with Crippen LogP contribution >= 0.6 is 22.6 Å². The maximum absolute atomic E-state index is 9.26. The van der Waals surface area contributed by atoms with Crippen LogP contribution in [-0.4, -0.2) is 15.6 Å². The van der Waals surface area contributed by atoms with Gasteiger partial charge in [-0.05, 0) is 19.3 Å². The minimum Gasteiger partial charge on any atom is -0.389 e. The van der Waals surface area contributed by atoms with Gasteiger partial charge in [0.05, 0.1) is 6.10 Å². The molecule has 0 rings (SSSR count). The van der Waals surface area contributed by atoms with E-state index >= 15 is 0 Å². The molecule has 0 aromatic heterocycles. The summed E-state index contributed by atoms with van der Waals surface area (Å²) in [4.78, 5) is 0. The molecule has 0 spiro atoms. The van der Waals surface area contributed by atoms with Crippen LogP contribution in [0, 0.1) is 5.92 Å². The van der Waals surface area contributed by atoms with E-state index in [9.17, 15) is 5.11 Å². The summed E-state index contributed by atoms with van der Waals surface area (Å²) in [5.41, 5.74) is 0. The molecule has 2 atom stereocenters. The number of hydrogen-bond acceptors (Lipinski definition) is 1. The maximum atomic E-state index is 9.26. The first kappa shape index (κ1) is 10.4. The highest BCUT2D eigenvalue weighted by Crippen LogP contribution is 2.09. The SMILES string of the molecule is CC=CC(O)CC(C)CI. The zero-order valence-corrected chi connectivity index (χ0v) is 8.71. The van der Waals surface area contributed by atoms with Crippen LogP contribution in [0.3, 0.4) is 0 Å². The molecule has 1 N–H and O–H groups in total. The van der Waals surface area contributed by atoms with Gasteiger partial charge in [-0.2, -0.15) is 0 Å². The number of hydrogen-bond donors (Lipinski definition) is 1. The second-order valence-corrected chi connectivity index (χ2v) is 3.47. The van der Waals surface area contributed by atoms with Gasteiger partial charge in [-0.25, -0.2) is 0 Å². The Hall–Kier alpha value is 0.430. The van der Waals surface area contributed by atoms with Crippen molar-refractivity contribution in [3.8, 4) is 0 Å². The lowest BCUT2D eigenvalue weighted by molar-refractivity contribution is 0.196. The van der Waals surface area contributed by atoms with Crippen LogP contribution < -0.4 is 0 Å². The first-order chi connectivity index (χ1) is 4.70. The standard InChI is InChI=1S/C8H15IO/c1-3-4-8(10)5-7(2)6-9/h3-4,7-8,10H,5-6H2,1-2H3. The van der Waals surface area contributed by atoms with Gasteiger partial charge in [0, 0.05) is 4.43 Å². The van der Waals surface area contributed by atoms with E-state index in [-0.39, 0.29) is 6.10 Å². The second kappa shape index (κ2) is 6.16. The highest BCUT2D eigenvalue weighted by atomic mass is 127. The number of rotatable bonds is 4. The molecule has 0 saturated heterocycles. The van der Waals surface area contributed by atoms with Crippen LogP contribution in [0.5, 0.6) is 0 Å². The molecule has 0 bridgehead atoms. The molecule has 0 aliphatic heterocycles. The fraction of sp³-hybridized carbons (Fsp3) is 0.750. The molecule has 0 fully saturated rings. The summed E-state index contributed by atoms with van der Waals surface area (Å²) < 4.78 is 1.12. The molecular weight excluding hydrogens is 239 g/mol. The van der Waals surface area contributed by atoms with Crippen molar-refractivity contribution in [2.24, 2.45) is 5.92 Å². The van der Waals surface area contributed by atoms with E-state index in [1.165, 1.54) is 0 Å². The Morgan fingerprint density at radius 1 is 1.60 bits per heavy atom. The van der Waals surface area contributed by atoms with E-state index in [1.807, 2.05) is 19.1 Å². The van der Waals surface area contributed by atoms with E-state index in [0.29, 0.717) is 5.92 Å². The van der Waals surface area contributed by atoms with Crippen molar-refractivity contribution in [2.45, 2.75) is 26.4 Å². The smallest absolute Gasteiger partial charge is 0.0723 e. The summed E-state index contributed by atoms with van der Waals surface area (Å²) in [6, 6.07) is 0. The summed E-state index contributed by atoms with van der Waals surface area (Å²) in [6.07, 6.45) is 4.37. The molecule has 0 amide bonds. The highest BCUT2D eigenvalue weighted by Gasteiger charge is 2.04. The molecule has 0 aliphatic carbocycles. The Bertz CT molecular complexity index is 101. The van der Waals surface area contributed by atoms with Gasteiger partial charge in [-0.15, -0.1) is 0 Å². The Kier molecular flexibility index (Phi) is 6.43. The Morgan fingerprint density at radius 2 is 2.20 bits per heavy atom. The third-order valence-electron chi connectivity index (χ3n) is 1.32. The van der Waals surface area contributed by atoms with Crippen LogP contribution in [-0.2, 0) is 0 Å². The number of aliphatic hydroxyl groups excluding tert-OH is 1. The average Bonchev–Trinajstić information content (AvgIpc) is 1.88. The Balaban J connectivity index is 3.46. The van der Waals surface area contributed by atoms with Crippen LogP contribution in [0.25, 0.3) is 0 Å². The highest BCUT2D eigenvalue weighted by molar-refractivity contribution is 14.1. The molecule has 2 unspecified atom stereocenters. The first-order valence-electron chi connectivity index (χ1n) is 3.57. The lowest BCUT2D eigenvalue weighted by Crippen LogP contribution is -2.09. The number of aliphatic hydroxyl groups is 1. The lowest BCUT2D eigenvalue weighted by atomic mass is 10.1. The van der Waals surface area contributed by atoms with Crippen LogP contribution in [0.15, 0.2) is 12.2 Å². The molecule has 60 valence electrons. The molecule has 0 aliphatic rings. The van der Waals surface area contributed by atoms with Crippen LogP contribution in [0.4, 0.5) is 0 Å². The van der Waals surface area contributed by atoms with Gasteiger partial charge in [0.15, 0.2) is 0 Å². The van der Waals surface area contributed by atoms with Crippen molar-refractivity contribution in [3.05, 3.63) is 12.2 Å². The van der Waals surface area contributed by atoms with Gasteiger partial charge >= 0.3 is 0 Å². The number of halogens is 1. The molecule has 2 heteroatoms. The van der Waals surface area contributed by atoms with Gasteiger partial charge in [0.25, 0.3) is 0 Å². The molecule has 0 aromatic rings. The predicted molar refractivity (Wildman–Crippen MR) is 53.5 cm³/mol. The summed E-state index contributed by atoms with van der Waals surface area (Å²) >= 11 is 2.34. The molecule has 0 heterocycles. The molecule has 10 heavy (non-hydrogen) atoms. The zero-order valence-electron chi connectivity index (χ0n) is 6.55. The van der Waals surface area contributed by atoms with E-state index in [0.717, 1.165) is 10.8 Å². The second-order valence-electron chi connectivity index (χ2n) is 2.59. The normalized spacial score (nSPS) is 17.6. The van der Waals surface area contributed by atoms with Crippen LogP contribution in [0.1, 0.15) is 20.3 Å². The van der Waals surface area contributed by atoms with Crippen molar-refractivity contribution in [3.63, 3.8) is 0 Å². The molecule has 0 aromatic carbocycles. The Morgan fingerprint density at radius 3 is 2.60 bits per heavy atom. The maximum Gasteiger partial charge on any atom is 0.0723 e. The monoisotopic (exact) mass is 254 g/mol. The van der Waals surface area contributed by atoms with E-state index in [4.69, 9.17) is 0 Å². The van der Waals surface area contributed by atoms with E-state index < -0.39 is 0 Å². The van der Waals surface area contributed by atoms with Crippen molar-refractivity contribution < 1.29 is 5.11 Å². The van der Waals surface area contributed by atoms with Gasteiger partial charge in [-0.3, -0.25) is 0 Å². The van der Waals surface area contributed by atoms with Crippen molar-refractivity contribution in [1.82, 2.24) is 0 Å². The third-order valence-corrected chi connectivity index (χ3v) is 2.83. The number of allylic oxidation sites excluding steroid dienone is 1. The predicted octanol–water partition coefficient (Wildman–Crippen LogP) is 2.38. The fourth-order valence-electron chi connectivity index (χ4n) is 0.776. The lowest BCUT2D eigenvalue weighted by Gasteiger charge is -2.09. The van der Waals surface area contributed by atoms with E-state index in [1.54, 1.807) is 0 Å². The van der Waals surface area contributed by atoms with Gasteiger partial charge < -0.3 is 5.11 Å². The fourth-order valence-corrected chi connectivity index (χ4v) is 1.14. The molecular formula is C8H15IO. The minimum absolute atomic E-state index is 0.241. The van der Waals surface area contributed by atoms with Gasteiger partial charge in [-0.1, -0.05) is 41.7 Å². The van der Waals surface area contributed by atoms with Crippen molar-refractivity contribution in [2.75, 3.05) is 4.43 Å². The third kappa shape index (κ3) is 5.23. The largest absolute Gasteiger partial charge is 0.389 e. The van der Waals surface area contributed by atoms with Gasteiger partial charge in [0.1, 0.15) is 0 Å². The summed E-state index contributed by atoms with van der Waals surface area (Å²) in [5, 5.41) is 9.26. The van der Waals surface area contributed by atoms with E-state index in [2.05, 4.69) is 29.5 Å². The van der Waals surface area contributed by atoms with Crippen molar-refractivity contribution in [1.29, 1.82) is 0 Å². The average molecular weight is 254 g/mol. The summed E-state index contributed by atoms with van der Waals surface area (Å²) in [6.45, 7) is 4.08. The molecule has 0 saturated carbocycles. The molecule has 1 nitrogen and oxygen atoms in total. The van der Waals surface area contributed by atoms with Crippen molar-refractivity contribution >= 4 is 22.6 Å². The minimum atomic E-state index is -0.241. The first-order valence-corrected chi connectivity index (χ1v) is 5.10. The summed E-state index contributed by atoms with van der Waals surface area (Å²) in [7, 11) is 0. The quantitative estimate of drug-likeness (QED) is 0.464. The van der Waals surface area contributed by atoms with Gasteiger partial charge in [0.2, 0.25) is 0 Å². The van der Waals surface area contributed by atoms with Crippen LogP contribution in [0.2, 0.25) is 0 Å². The number of alkyl halides is 1. The molecule has 0 radical (unpaired) electrons. The Labute approximate surface area is 76.7 Å². The topological polar surface area (TPSA) is 20.2 Å².